The molecule has 0 fully saturated rings. The first-order valence-corrected chi connectivity index (χ1v) is 10.2. The highest BCUT2D eigenvalue weighted by atomic mass is 32.2. The maximum atomic E-state index is 13.2. The molecule has 0 amide bonds. The number of fused-ring (bicyclic) bond motifs is 1. The van der Waals surface area contributed by atoms with E-state index in [2.05, 4.69) is 9.80 Å². The van der Waals surface area contributed by atoms with E-state index >= 15 is 0 Å². The number of hydrogen-bond acceptors (Lipinski definition) is 4. The van der Waals surface area contributed by atoms with Crippen molar-refractivity contribution in [3.05, 3.63) is 66.1 Å². The Labute approximate surface area is 159 Å². The van der Waals surface area contributed by atoms with Gasteiger partial charge in [0.05, 0.1) is 10.4 Å². The molecule has 2 aromatic carbocycles. The number of hydrogen-bond donors (Lipinski definition) is 0. The van der Waals surface area contributed by atoms with Crippen molar-refractivity contribution in [3.8, 4) is 0 Å². The molecular weight excluding hydrogens is 365 g/mol. The number of likely N-dealkylation sites (N-methyl/N-ethyl adjacent to an activating group) is 2. The normalized spacial score (nSPS) is 12.4. The second-order valence-electron chi connectivity index (χ2n) is 6.97. The quantitative estimate of drug-likeness (QED) is 0.623. The van der Waals surface area contributed by atoms with Crippen LogP contribution in [-0.4, -0.2) is 56.4 Å². The zero-order chi connectivity index (χ0) is 19.6. The molecule has 0 N–H and O–H groups in total. The molecule has 0 unspecified atom stereocenters. The van der Waals surface area contributed by atoms with Gasteiger partial charge in [-0.15, -0.1) is 0 Å². The molecule has 0 aliphatic heterocycles. The fourth-order valence-corrected chi connectivity index (χ4v) is 4.39. The maximum Gasteiger partial charge on any atom is 0.268 e. The summed E-state index contributed by atoms with van der Waals surface area (Å²) < 4.78 is 40.7. The minimum atomic E-state index is -3.80. The van der Waals surface area contributed by atoms with Gasteiger partial charge in [-0.05, 0) is 57.0 Å². The summed E-state index contributed by atoms with van der Waals surface area (Å²) in [4.78, 5) is 4.34. The van der Waals surface area contributed by atoms with Gasteiger partial charge in [-0.3, -0.25) is 0 Å². The van der Waals surface area contributed by atoms with Crippen molar-refractivity contribution in [1.29, 1.82) is 0 Å². The van der Waals surface area contributed by atoms with Gasteiger partial charge in [0, 0.05) is 31.2 Å². The van der Waals surface area contributed by atoms with Crippen molar-refractivity contribution in [1.82, 2.24) is 13.8 Å². The number of halogens is 1. The van der Waals surface area contributed by atoms with Crippen LogP contribution in [0.3, 0.4) is 0 Å². The second kappa shape index (κ2) is 7.80. The van der Waals surface area contributed by atoms with Crippen LogP contribution in [0.25, 0.3) is 10.9 Å². The molecule has 0 saturated heterocycles. The minimum Gasteiger partial charge on any atom is -0.308 e. The molecule has 0 aliphatic rings. The lowest BCUT2D eigenvalue weighted by molar-refractivity contribution is 0.277. The van der Waals surface area contributed by atoms with Crippen molar-refractivity contribution < 1.29 is 12.8 Å². The van der Waals surface area contributed by atoms with Crippen LogP contribution in [0.2, 0.25) is 0 Å². The van der Waals surface area contributed by atoms with Crippen molar-refractivity contribution in [2.75, 3.05) is 34.2 Å². The van der Waals surface area contributed by atoms with Gasteiger partial charge in [-0.1, -0.05) is 18.2 Å². The van der Waals surface area contributed by atoms with Gasteiger partial charge in [-0.2, -0.15) is 0 Å². The molecule has 3 rings (SSSR count). The molecule has 5 nitrogen and oxygen atoms in total. The zero-order valence-corrected chi connectivity index (χ0v) is 16.6. The van der Waals surface area contributed by atoms with Gasteiger partial charge in [-0.25, -0.2) is 16.8 Å². The fourth-order valence-electron chi connectivity index (χ4n) is 3.00. The van der Waals surface area contributed by atoms with Gasteiger partial charge >= 0.3 is 0 Å². The number of aromatic nitrogens is 1. The van der Waals surface area contributed by atoms with Crippen molar-refractivity contribution >= 4 is 20.9 Å². The third kappa shape index (κ3) is 4.21. The number of benzene rings is 2. The van der Waals surface area contributed by atoms with Crippen LogP contribution in [0.15, 0.2) is 59.6 Å². The van der Waals surface area contributed by atoms with E-state index in [1.54, 1.807) is 12.3 Å². The summed E-state index contributed by atoms with van der Waals surface area (Å²) >= 11 is 0. The van der Waals surface area contributed by atoms with E-state index in [0.29, 0.717) is 12.1 Å². The van der Waals surface area contributed by atoms with Crippen LogP contribution in [0.4, 0.5) is 4.39 Å². The smallest absolute Gasteiger partial charge is 0.268 e. The Morgan fingerprint density at radius 2 is 1.63 bits per heavy atom. The maximum absolute atomic E-state index is 13.2. The second-order valence-corrected chi connectivity index (χ2v) is 8.78. The monoisotopic (exact) mass is 389 g/mol. The molecule has 7 heteroatoms. The summed E-state index contributed by atoms with van der Waals surface area (Å²) in [5.41, 5.74) is 1.57. The van der Waals surface area contributed by atoms with Gasteiger partial charge in [0.25, 0.3) is 10.0 Å². The van der Waals surface area contributed by atoms with Crippen molar-refractivity contribution in [2.24, 2.45) is 0 Å². The Kier molecular flexibility index (Phi) is 5.64. The fraction of sp³-hybridized carbons (Fsp3) is 0.300. The van der Waals surface area contributed by atoms with Gasteiger partial charge in [0.2, 0.25) is 0 Å². The summed E-state index contributed by atoms with van der Waals surface area (Å²) in [7, 11) is 2.26. The zero-order valence-electron chi connectivity index (χ0n) is 15.8. The van der Waals surface area contributed by atoms with E-state index in [1.165, 1.54) is 16.1 Å². The average Bonchev–Trinajstić information content (AvgIpc) is 3.00. The highest BCUT2D eigenvalue weighted by molar-refractivity contribution is 7.90. The molecule has 0 saturated carbocycles. The van der Waals surface area contributed by atoms with E-state index in [4.69, 9.17) is 0 Å². The Morgan fingerprint density at radius 1 is 0.963 bits per heavy atom. The first kappa shape index (κ1) is 19.5. The molecule has 27 heavy (non-hydrogen) atoms. The summed E-state index contributed by atoms with van der Waals surface area (Å²) in [6.07, 6.45) is 1.68. The Morgan fingerprint density at radius 3 is 2.30 bits per heavy atom. The highest BCUT2D eigenvalue weighted by Gasteiger charge is 2.21. The standard InChI is InChI=1S/C20H24FN3O2S/c1-22(2)12-13-23(3)14-16-15-24(20-7-5-4-6-19(16)20)27(25,26)18-10-8-17(21)9-11-18/h4-11,15H,12-14H2,1-3H3. The number of para-hydroxylation sites is 1. The predicted octanol–water partition coefficient (Wildman–Crippen LogP) is 3.01. The Balaban J connectivity index is 2.01. The minimum absolute atomic E-state index is 0.0668. The molecule has 3 aromatic rings. The van der Waals surface area contributed by atoms with E-state index in [1.807, 2.05) is 39.3 Å². The third-order valence-electron chi connectivity index (χ3n) is 4.50. The molecule has 0 aliphatic carbocycles. The molecule has 1 aromatic heterocycles. The number of nitrogens with zero attached hydrogens (tertiary/aromatic N) is 3. The molecule has 0 radical (unpaired) electrons. The summed E-state index contributed by atoms with van der Waals surface area (Å²) in [5, 5.41) is 0.903. The van der Waals surface area contributed by atoms with Crippen molar-refractivity contribution in [3.63, 3.8) is 0 Å². The van der Waals surface area contributed by atoms with Crippen LogP contribution in [0.1, 0.15) is 5.56 Å². The first-order valence-electron chi connectivity index (χ1n) is 8.72. The van der Waals surface area contributed by atoms with Crippen molar-refractivity contribution in [2.45, 2.75) is 11.4 Å². The summed E-state index contributed by atoms with van der Waals surface area (Å²) in [6.45, 7) is 2.43. The van der Waals surface area contributed by atoms with Crippen LogP contribution in [0.5, 0.6) is 0 Å². The predicted molar refractivity (Wildman–Crippen MR) is 106 cm³/mol. The van der Waals surface area contributed by atoms with E-state index in [9.17, 15) is 12.8 Å². The molecule has 0 atom stereocenters. The van der Waals surface area contributed by atoms with E-state index in [0.717, 1.165) is 36.2 Å². The topological polar surface area (TPSA) is 45.5 Å². The van der Waals surface area contributed by atoms with Crippen LogP contribution in [-0.2, 0) is 16.6 Å². The number of rotatable bonds is 7. The van der Waals surface area contributed by atoms with Gasteiger partial charge < -0.3 is 9.80 Å². The lowest BCUT2D eigenvalue weighted by Gasteiger charge is -2.18. The summed E-state index contributed by atoms with van der Waals surface area (Å²) in [5.74, 6) is -0.463. The lowest BCUT2D eigenvalue weighted by atomic mass is 10.1. The Hall–Kier alpha value is -2.22. The third-order valence-corrected chi connectivity index (χ3v) is 6.19. The van der Waals surface area contributed by atoms with Gasteiger partial charge in [0.15, 0.2) is 0 Å². The van der Waals surface area contributed by atoms with E-state index in [-0.39, 0.29) is 4.90 Å². The van der Waals surface area contributed by atoms with Crippen LogP contribution >= 0.6 is 0 Å². The van der Waals surface area contributed by atoms with Gasteiger partial charge in [0.1, 0.15) is 5.82 Å². The molecule has 144 valence electrons. The molecular formula is C20H24FN3O2S. The molecule has 0 bridgehead atoms. The van der Waals surface area contributed by atoms with Crippen LogP contribution in [0, 0.1) is 5.82 Å². The lowest BCUT2D eigenvalue weighted by Crippen LogP contribution is -2.28. The average molecular weight is 389 g/mol. The summed E-state index contributed by atoms with van der Waals surface area (Å²) in [6, 6.07) is 12.4. The highest BCUT2D eigenvalue weighted by Crippen LogP contribution is 2.26. The van der Waals surface area contributed by atoms with Crippen LogP contribution < -0.4 is 0 Å². The first-order chi connectivity index (χ1) is 12.8. The molecule has 0 spiro atoms. The molecule has 1 heterocycles. The largest absolute Gasteiger partial charge is 0.308 e. The van der Waals surface area contributed by atoms with E-state index < -0.39 is 15.8 Å². The Bertz CT molecular complexity index is 1030. The SMILES string of the molecule is CN(C)CCN(C)Cc1cn(S(=O)(=O)c2ccc(F)cc2)c2ccccc12.